The fourth-order valence-corrected chi connectivity index (χ4v) is 2.47. The molecule has 0 fully saturated rings. The lowest BCUT2D eigenvalue weighted by Gasteiger charge is -2.13. The number of hydrogen-bond acceptors (Lipinski definition) is 3. The Hall–Kier alpha value is -2.20. The van der Waals surface area contributed by atoms with Crippen molar-refractivity contribution in [1.82, 2.24) is 0 Å². The van der Waals surface area contributed by atoms with E-state index in [9.17, 15) is 4.79 Å². The van der Waals surface area contributed by atoms with Gasteiger partial charge in [0.1, 0.15) is 5.75 Å². The van der Waals surface area contributed by atoms with E-state index in [4.69, 9.17) is 16.3 Å². The third-order valence-corrected chi connectivity index (χ3v) is 4.35. The number of methoxy groups -OCH3 is 1. The van der Waals surface area contributed by atoms with Gasteiger partial charge in [-0.15, -0.1) is 0 Å². The smallest absolute Gasteiger partial charge is 0.226 e. The summed E-state index contributed by atoms with van der Waals surface area (Å²) in [5, 5.41) is 6.75. The Morgan fingerprint density at radius 2 is 1.83 bits per heavy atom. The van der Waals surface area contributed by atoms with Crippen molar-refractivity contribution in [2.24, 2.45) is 0 Å². The van der Waals surface area contributed by atoms with Crippen molar-refractivity contribution in [2.45, 2.75) is 27.2 Å². The van der Waals surface area contributed by atoms with Crippen LogP contribution in [-0.4, -0.2) is 19.6 Å². The SMILES string of the molecule is COc1cc(Cl)c(C)cc1NC(=O)CCNc1ccc(C)c(C)c1. The second-order valence-corrected chi connectivity index (χ2v) is 6.23. The Morgan fingerprint density at radius 3 is 2.50 bits per heavy atom. The molecule has 1 amide bonds. The number of nitrogens with one attached hydrogen (secondary N) is 2. The highest BCUT2D eigenvalue weighted by molar-refractivity contribution is 6.31. The van der Waals surface area contributed by atoms with Crippen LogP contribution in [0.15, 0.2) is 30.3 Å². The normalized spacial score (nSPS) is 10.4. The van der Waals surface area contributed by atoms with Gasteiger partial charge in [0.2, 0.25) is 5.91 Å². The fraction of sp³-hybridized carbons (Fsp3) is 0.316. The summed E-state index contributed by atoms with van der Waals surface area (Å²) >= 11 is 6.07. The van der Waals surface area contributed by atoms with Crippen molar-refractivity contribution >= 4 is 28.9 Å². The van der Waals surface area contributed by atoms with Crippen molar-refractivity contribution in [1.29, 1.82) is 0 Å². The molecule has 0 aliphatic rings. The average Bonchev–Trinajstić information content (AvgIpc) is 2.54. The third-order valence-electron chi connectivity index (χ3n) is 3.94. The van der Waals surface area contributed by atoms with E-state index in [-0.39, 0.29) is 5.91 Å². The maximum absolute atomic E-state index is 12.1. The van der Waals surface area contributed by atoms with Gasteiger partial charge >= 0.3 is 0 Å². The number of ether oxygens (including phenoxy) is 1. The summed E-state index contributed by atoms with van der Waals surface area (Å²) in [6, 6.07) is 9.69. The van der Waals surface area contributed by atoms with Crippen LogP contribution in [0.1, 0.15) is 23.1 Å². The van der Waals surface area contributed by atoms with Crippen molar-refractivity contribution in [3.05, 3.63) is 52.0 Å². The van der Waals surface area contributed by atoms with Crippen LogP contribution in [0.5, 0.6) is 5.75 Å². The quantitative estimate of drug-likeness (QED) is 0.796. The van der Waals surface area contributed by atoms with Crippen LogP contribution in [0.4, 0.5) is 11.4 Å². The van der Waals surface area contributed by atoms with Gasteiger partial charge in [-0.3, -0.25) is 4.79 Å². The Labute approximate surface area is 148 Å². The minimum Gasteiger partial charge on any atom is -0.495 e. The van der Waals surface area contributed by atoms with Crippen LogP contribution in [0.2, 0.25) is 5.02 Å². The van der Waals surface area contributed by atoms with Crippen molar-refractivity contribution in [2.75, 3.05) is 24.3 Å². The first-order valence-corrected chi connectivity index (χ1v) is 8.23. The topological polar surface area (TPSA) is 50.4 Å². The van der Waals surface area contributed by atoms with Gasteiger partial charge in [0.05, 0.1) is 12.8 Å². The van der Waals surface area contributed by atoms with E-state index in [0.29, 0.717) is 29.4 Å². The van der Waals surface area contributed by atoms with Gasteiger partial charge in [0.15, 0.2) is 0 Å². The van der Waals surface area contributed by atoms with Gasteiger partial charge in [0, 0.05) is 29.7 Å². The summed E-state index contributed by atoms with van der Waals surface area (Å²) in [7, 11) is 1.55. The minimum atomic E-state index is -0.0774. The summed E-state index contributed by atoms with van der Waals surface area (Å²) in [4.78, 5) is 12.1. The van der Waals surface area contributed by atoms with Crippen LogP contribution >= 0.6 is 11.6 Å². The Balaban J connectivity index is 1.91. The van der Waals surface area contributed by atoms with Crippen LogP contribution in [-0.2, 0) is 4.79 Å². The molecular formula is C19H23ClN2O2. The van der Waals surface area contributed by atoms with E-state index in [2.05, 4.69) is 36.6 Å². The molecule has 2 aromatic rings. The molecule has 4 nitrogen and oxygen atoms in total. The zero-order valence-electron chi connectivity index (χ0n) is 14.5. The molecule has 0 radical (unpaired) electrons. The van der Waals surface area contributed by atoms with E-state index in [1.165, 1.54) is 11.1 Å². The van der Waals surface area contributed by atoms with Gasteiger partial charge in [0.25, 0.3) is 0 Å². The van der Waals surface area contributed by atoms with Crippen molar-refractivity contribution in [3.8, 4) is 5.75 Å². The summed E-state index contributed by atoms with van der Waals surface area (Å²) in [5.41, 5.74) is 5.02. The molecule has 0 bridgehead atoms. The number of carbonyl (C=O) groups is 1. The molecule has 2 aromatic carbocycles. The molecule has 128 valence electrons. The standard InChI is InChI=1S/C19H23ClN2O2/c1-12-5-6-15(9-13(12)2)21-8-7-19(23)22-17-10-14(3)16(20)11-18(17)24-4/h5-6,9-11,21H,7-8H2,1-4H3,(H,22,23). The second kappa shape index (κ2) is 8.06. The minimum absolute atomic E-state index is 0.0774. The summed E-state index contributed by atoms with van der Waals surface area (Å²) in [5.74, 6) is 0.479. The molecule has 24 heavy (non-hydrogen) atoms. The number of hydrogen-bond donors (Lipinski definition) is 2. The first-order valence-electron chi connectivity index (χ1n) is 7.86. The molecule has 0 aliphatic carbocycles. The number of amides is 1. The highest BCUT2D eigenvalue weighted by atomic mass is 35.5. The number of benzene rings is 2. The number of anilines is 2. The van der Waals surface area contributed by atoms with Crippen molar-refractivity contribution in [3.63, 3.8) is 0 Å². The van der Waals surface area contributed by atoms with Crippen molar-refractivity contribution < 1.29 is 9.53 Å². The average molecular weight is 347 g/mol. The summed E-state index contributed by atoms with van der Waals surface area (Å²) in [6.07, 6.45) is 0.359. The zero-order chi connectivity index (χ0) is 17.7. The first-order chi connectivity index (χ1) is 11.4. The maximum atomic E-state index is 12.1. The van der Waals surface area contributed by atoms with Crippen LogP contribution in [0, 0.1) is 20.8 Å². The van der Waals surface area contributed by atoms with E-state index >= 15 is 0 Å². The van der Waals surface area contributed by atoms with E-state index < -0.39 is 0 Å². The second-order valence-electron chi connectivity index (χ2n) is 5.83. The van der Waals surface area contributed by atoms with Crippen LogP contribution in [0.3, 0.4) is 0 Å². The number of carbonyl (C=O) groups excluding carboxylic acids is 1. The zero-order valence-corrected chi connectivity index (χ0v) is 15.3. The number of rotatable bonds is 6. The molecule has 0 saturated heterocycles. The van der Waals surface area contributed by atoms with Gasteiger partial charge in [-0.05, 0) is 55.7 Å². The van der Waals surface area contributed by atoms with Gasteiger partial charge in [-0.25, -0.2) is 0 Å². The first kappa shape index (κ1) is 18.1. The van der Waals surface area contributed by atoms with Crippen LogP contribution < -0.4 is 15.4 Å². The van der Waals surface area contributed by atoms with Crippen LogP contribution in [0.25, 0.3) is 0 Å². The van der Waals surface area contributed by atoms with E-state index in [1.807, 2.05) is 19.1 Å². The molecule has 0 unspecified atom stereocenters. The number of halogens is 1. The maximum Gasteiger partial charge on any atom is 0.226 e. The number of aryl methyl sites for hydroxylation is 3. The monoisotopic (exact) mass is 346 g/mol. The van der Waals surface area contributed by atoms with Gasteiger partial charge < -0.3 is 15.4 Å². The Morgan fingerprint density at radius 1 is 1.08 bits per heavy atom. The molecule has 5 heteroatoms. The third kappa shape index (κ3) is 4.65. The predicted molar refractivity (Wildman–Crippen MR) is 100 cm³/mol. The lowest BCUT2D eigenvalue weighted by molar-refractivity contribution is -0.115. The predicted octanol–water partition coefficient (Wildman–Crippen LogP) is 4.71. The van der Waals surface area contributed by atoms with E-state index in [0.717, 1.165) is 11.3 Å². The fourth-order valence-electron chi connectivity index (χ4n) is 2.31. The summed E-state index contributed by atoms with van der Waals surface area (Å²) in [6.45, 7) is 6.60. The van der Waals surface area contributed by atoms with Gasteiger partial charge in [-0.1, -0.05) is 17.7 Å². The molecule has 0 heterocycles. The highest BCUT2D eigenvalue weighted by Gasteiger charge is 2.10. The highest BCUT2D eigenvalue weighted by Crippen LogP contribution is 2.31. The molecule has 0 aliphatic heterocycles. The Bertz CT molecular complexity index is 744. The molecule has 0 aromatic heterocycles. The molecule has 0 spiro atoms. The van der Waals surface area contributed by atoms with Gasteiger partial charge in [-0.2, -0.15) is 0 Å². The lowest BCUT2D eigenvalue weighted by Crippen LogP contribution is -2.17. The van der Waals surface area contributed by atoms with E-state index in [1.54, 1.807) is 13.2 Å². The lowest BCUT2D eigenvalue weighted by atomic mass is 10.1. The Kier molecular flexibility index (Phi) is 6.10. The molecule has 2 N–H and O–H groups in total. The molecule has 0 atom stereocenters. The largest absolute Gasteiger partial charge is 0.495 e. The molecular weight excluding hydrogens is 324 g/mol. The summed E-state index contributed by atoms with van der Waals surface area (Å²) < 4.78 is 5.27. The molecule has 0 saturated carbocycles. The molecule has 2 rings (SSSR count).